The molecule has 0 atom stereocenters. The van der Waals surface area contributed by atoms with Crippen molar-refractivity contribution in [3.8, 4) is 5.75 Å². The van der Waals surface area contributed by atoms with Gasteiger partial charge in [-0.15, -0.1) is 0 Å². The Hall–Kier alpha value is -2.96. The van der Waals surface area contributed by atoms with Gasteiger partial charge in [-0.1, -0.05) is 39.0 Å². The molecule has 1 heterocycles. The SMILES string of the molecule is CCOC(=O)c1nc(CC(C)(C)C)[nH]c(=O)c1OC(=O)c1ccccc1. The molecule has 1 aromatic carbocycles. The first-order valence-electron chi connectivity index (χ1n) is 8.29. The first-order valence-corrected chi connectivity index (χ1v) is 8.29. The summed E-state index contributed by atoms with van der Waals surface area (Å²) in [5.74, 6) is -1.71. The number of aromatic nitrogens is 2. The average Bonchev–Trinajstić information content (AvgIpc) is 2.56. The van der Waals surface area contributed by atoms with Gasteiger partial charge in [-0.05, 0) is 24.5 Å². The minimum Gasteiger partial charge on any atom is -0.461 e. The molecule has 1 aromatic heterocycles. The number of esters is 2. The van der Waals surface area contributed by atoms with Crippen LogP contribution in [0.3, 0.4) is 0 Å². The lowest BCUT2D eigenvalue weighted by atomic mass is 9.92. The second-order valence-electron chi connectivity index (χ2n) is 6.90. The van der Waals surface area contributed by atoms with Crippen molar-refractivity contribution in [2.24, 2.45) is 5.41 Å². The van der Waals surface area contributed by atoms with Crippen LogP contribution in [0, 0.1) is 5.41 Å². The number of rotatable bonds is 5. The molecule has 138 valence electrons. The van der Waals surface area contributed by atoms with Gasteiger partial charge in [0.1, 0.15) is 5.82 Å². The normalized spacial score (nSPS) is 11.1. The monoisotopic (exact) mass is 358 g/mol. The van der Waals surface area contributed by atoms with Gasteiger partial charge >= 0.3 is 11.9 Å². The van der Waals surface area contributed by atoms with Crippen LogP contribution < -0.4 is 10.3 Å². The maximum absolute atomic E-state index is 12.4. The Morgan fingerprint density at radius 1 is 1.12 bits per heavy atom. The molecule has 0 saturated carbocycles. The predicted octanol–water partition coefficient (Wildman–Crippen LogP) is 2.75. The van der Waals surface area contributed by atoms with Crippen molar-refractivity contribution in [3.63, 3.8) is 0 Å². The van der Waals surface area contributed by atoms with Crippen LogP contribution in [0.4, 0.5) is 0 Å². The molecule has 7 nitrogen and oxygen atoms in total. The molecular formula is C19H22N2O5. The lowest BCUT2D eigenvalue weighted by Crippen LogP contribution is -2.26. The van der Waals surface area contributed by atoms with Crippen LogP contribution in [-0.4, -0.2) is 28.5 Å². The number of nitrogens with zero attached hydrogens (tertiary/aromatic N) is 1. The van der Waals surface area contributed by atoms with Crippen molar-refractivity contribution in [1.29, 1.82) is 0 Å². The number of aromatic amines is 1. The highest BCUT2D eigenvalue weighted by molar-refractivity contribution is 5.94. The zero-order chi connectivity index (χ0) is 19.3. The molecular weight excluding hydrogens is 336 g/mol. The molecule has 0 amide bonds. The van der Waals surface area contributed by atoms with Crippen molar-refractivity contribution < 1.29 is 19.1 Å². The van der Waals surface area contributed by atoms with Gasteiger partial charge < -0.3 is 14.5 Å². The quantitative estimate of drug-likeness (QED) is 0.825. The Balaban J connectivity index is 2.45. The summed E-state index contributed by atoms with van der Waals surface area (Å²) in [4.78, 5) is 43.7. The molecule has 0 fully saturated rings. The molecule has 0 aliphatic rings. The van der Waals surface area contributed by atoms with Crippen molar-refractivity contribution in [2.75, 3.05) is 6.61 Å². The fourth-order valence-electron chi connectivity index (χ4n) is 2.25. The van der Waals surface area contributed by atoms with E-state index in [1.165, 1.54) is 0 Å². The van der Waals surface area contributed by atoms with Crippen LogP contribution in [0.5, 0.6) is 5.75 Å². The van der Waals surface area contributed by atoms with E-state index in [9.17, 15) is 14.4 Å². The Kier molecular flexibility index (Phi) is 5.92. The summed E-state index contributed by atoms with van der Waals surface area (Å²) in [7, 11) is 0. The van der Waals surface area contributed by atoms with Gasteiger partial charge in [0, 0.05) is 6.42 Å². The molecule has 2 rings (SSSR count). The summed E-state index contributed by atoms with van der Waals surface area (Å²) >= 11 is 0. The third-order valence-corrected chi connectivity index (χ3v) is 3.30. The number of benzene rings is 1. The average molecular weight is 358 g/mol. The highest BCUT2D eigenvalue weighted by Gasteiger charge is 2.25. The number of hydrogen-bond donors (Lipinski definition) is 1. The summed E-state index contributed by atoms with van der Waals surface area (Å²) in [6.07, 6.45) is 0.432. The standard InChI is InChI=1S/C19H22N2O5/c1-5-25-18(24)14-15(26-17(23)12-9-7-6-8-10-12)16(22)21-13(20-14)11-19(2,3)4/h6-10H,5,11H2,1-4H3,(H,20,21,22). The van der Waals surface area contributed by atoms with Crippen LogP contribution in [0.1, 0.15) is 54.4 Å². The molecule has 0 aliphatic heterocycles. The maximum atomic E-state index is 12.4. The Bertz CT molecular complexity index is 850. The second-order valence-corrected chi connectivity index (χ2v) is 6.90. The predicted molar refractivity (Wildman–Crippen MR) is 95.4 cm³/mol. The van der Waals surface area contributed by atoms with E-state index in [-0.39, 0.29) is 23.3 Å². The smallest absolute Gasteiger partial charge is 0.361 e. The van der Waals surface area contributed by atoms with E-state index in [2.05, 4.69) is 9.97 Å². The molecule has 26 heavy (non-hydrogen) atoms. The van der Waals surface area contributed by atoms with Crippen LogP contribution in [0.25, 0.3) is 0 Å². The highest BCUT2D eigenvalue weighted by atomic mass is 16.6. The van der Waals surface area contributed by atoms with Gasteiger partial charge in [-0.3, -0.25) is 4.79 Å². The van der Waals surface area contributed by atoms with E-state index in [0.717, 1.165) is 0 Å². The van der Waals surface area contributed by atoms with Crippen molar-refractivity contribution >= 4 is 11.9 Å². The molecule has 7 heteroatoms. The van der Waals surface area contributed by atoms with Crippen LogP contribution in [0.15, 0.2) is 35.1 Å². The minimum atomic E-state index is -0.815. The van der Waals surface area contributed by atoms with Crippen molar-refractivity contribution in [2.45, 2.75) is 34.1 Å². The third kappa shape index (κ3) is 5.02. The molecule has 2 aromatic rings. The highest BCUT2D eigenvalue weighted by Crippen LogP contribution is 2.20. The van der Waals surface area contributed by atoms with Gasteiger partial charge in [0.25, 0.3) is 5.56 Å². The number of H-pyrrole nitrogens is 1. The van der Waals surface area contributed by atoms with Crippen LogP contribution in [-0.2, 0) is 11.2 Å². The van der Waals surface area contributed by atoms with Crippen LogP contribution >= 0.6 is 0 Å². The molecule has 0 spiro atoms. The van der Waals surface area contributed by atoms with Crippen LogP contribution in [0.2, 0.25) is 0 Å². The van der Waals surface area contributed by atoms with Crippen molar-refractivity contribution in [3.05, 3.63) is 57.8 Å². The van der Waals surface area contributed by atoms with Gasteiger partial charge in [-0.25, -0.2) is 14.6 Å². The van der Waals surface area contributed by atoms with E-state index >= 15 is 0 Å². The van der Waals surface area contributed by atoms with Gasteiger partial charge in [0.15, 0.2) is 5.69 Å². The summed E-state index contributed by atoms with van der Waals surface area (Å²) in [5, 5.41) is 0. The summed E-state index contributed by atoms with van der Waals surface area (Å²) < 4.78 is 10.1. The first-order chi connectivity index (χ1) is 12.2. The molecule has 0 radical (unpaired) electrons. The van der Waals surface area contributed by atoms with E-state index in [0.29, 0.717) is 12.2 Å². The molecule has 0 saturated heterocycles. The zero-order valence-electron chi connectivity index (χ0n) is 15.3. The van der Waals surface area contributed by atoms with E-state index in [1.54, 1.807) is 37.3 Å². The van der Waals surface area contributed by atoms with Crippen molar-refractivity contribution in [1.82, 2.24) is 9.97 Å². The van der Waals surface area contributed by atoms with E-state index in [4.69, 9.17) is 9.47 Å². The largest absolute Gasteiger partial charge is 0.461 e. The first kappa shape index (κ1) is 19.4. The Labute approximate surface area is 151 Å². The Morgan fingerprint density at radius 3 is 2.35 bits per heavy atom. The van der Waals surface area contributed by atoms with Gasteiger partial charge in [-0.2, -0.15) is 0 Å². The number of carbonyl (C=O) groups is 2. The molecule has 0 bridgehead atoms. The summed E-state index contributed by atoms with van der Waals surface area (Å²) in [5.41, 5.74) is -0.921. The van der Waals surface area contributed by atoms with E-state index < -0.39 is 23.2 Å². The molecule has 0 unspecified atom stereocenters. The lowest BCUT2D eigenvalue weighted by Gasteiger charge is -2.18. The minimum absolute atomic E-state index is 0.105. The Morgan fingerprint density at radius 2 is 1.77 bits per heavy atom. The molecule has 1 N–H and O–H groups in total. The third-order valence-electron chi connectivity index (χ3n) is 3.30. The number of carbonyl (C=O) groups excluding carboxylic acids is 2. The molecule has 0 aliphatic carbocycles. The lowest BCUT2D eigenvalue weighted by molar-refractivity contribution is 0.0511. The van der Waals surface area contributed by atoms with E-state index in [1.807, 2.05) is 20.8 Å². The number of ether oxygens (including phenoxy) is 2. The fraction of sp³-hybridized carbons (Fsp3) is 0.368. The summed E-state index contributed by atoms with van der Waals surface area (Å²) in [6, 6.07) is 8.16. The topological polar surface area (TPSA) is 98.3 Å². The fourth-order valence-corrected chi connectivity index (χ4v) is 2.25. The van der Waals surface area contributed by atoms with Gasteiger partial charge in [0.2, 0.25) is 5.75 Å². The summed E-state index contributed by atoms with van der Waals surface area (Å²) in [6.45, 7) is 7.66. The van der Waals surface area contributed by atoms with Gasteiger partial charge in [0.05, 0.1) is 12.2 Å². The number of nitrogens with one attached hydrogen (secondary N) is 1. The number of hydrogen-bond acceptors (Lipinski definition) is 6. The zero-order valence-corrected chi connectivity index (χ0v) is 15.3. The maximum Gasteiger partial charge on any atom is 0.361 e. The second kappa shape index (κ2) is 7.95.